The molecule has 3 aromatic carbocycles. The third kappa shape index (κ3) is 8.48. The molecule has 8 nitrogen and oxygen atoms in total. The Morgan fingerprint density at radius 3 is 2.21 bits per heavy atom. The second-order valence-electron chi connectivity index (χ2n) is 10.4. The van der Waals surface area contributed by atoms with Gasteiger partial charge >= 0.3 is 18.2 Å². The Balaban J connectivity index is 1.55. The molecule has 1 saturated carbocycles. The molecular formula is C31H31ClF3N3O5. The number of rotatable bonds is 9. The van der Waals surface area contributed by atoms with Crippen molar-refractivity contribution in [2.75, 3.05) is 16.8 Å². The lowest BCUT2D eigenvalue weighted by molar-refractivity contribution is -0.146. The number of benzene rings is 3. The van der Waals surface area contributed by atoms with Gasteiger partial charge in [0.1, 0.15) is 0 Å². The topological polar surface area (TPSA) is 119 Å². The van der Waals surface area contributed by atoms with Crippen molar-refractivity contribution in [3.05, 3.63) is 94.0 Å². The van der Waals surface area contributed by atoms with Crippen molar-refractivity contribution in [2.24, 2.45) is 0 Å². The first kappa shape index (κ1) is 31.8. The third-order valence-electron chi connectivity index (χ3n) is 7.35. The number of anilines is 2. The zero-order valence-electron chi connectivity index (χ0n) is 23.0. The highest BCUT2D eigenvalue weighted by Crippen LogP contribution is 2.37. The Morgan fingerprint density at radius 2 is 1.60 bits per heavy atom. The molecule has 228 valence electrons. The standard InChI is InChI=1S/C31H31ClF3N3O5/c32-26-15-12-23(16-25(26)31(33,34)35)37-30(43)38(24-13-10-21(11-14-24)20-4-2-1-3-5-20)18-19-6-8-22(9-7-19)28(40)36-17-27(39)29(41)42/h6-16,20,27,39H,1-5,17-18H2,(H,36,40)(H,37,43)(H,41,42). The molecule has 1 unspecified atom stereocenters. The number of aliphatic hydroxyl groups excluding tert-OH is 1. The van der Waals surface area contributed by atoms with E-state index in [0.717, 1.165) is 37.8 Å². The van der Waals surface area contributed by atoms with Gasteiger partial charge in [0.15, 0.2) is 6.10 Å². The quantitative estimate of drug-likeness (QED) is 0.210. The van der Waals surface area contributed by atoms with Crippen LogP contribution < -0.4 is 15.5 Å². The third-order valence-corrected chi connectivity index (χ3v) is 7.68. The van der Waals surface area contributed by atoms with Crippen LogP contribution in [0.3, 0.4) is 0 Å². The van der Waals surface area contributed by atoms with Crippen LogP contribution in [0.5, 0.6) is 0 Å². The SMILES string of the molecule is O=C(NCC(O)C(=O)O)c1ccc(CN(C(=O)Nc2ccc(Cl)c(C(F)(F)F)c2)c2ccc(C3CCCCC3)cc2)cc1. The Labute approximate surface area is 251 Å². The van der Waals surface area contributed by atoms with Gasteiger partial charge in [-0.05, 0) is 72.4 Å². The van der Waals surface area contributed by atoms with Crippen LogP contribution in [0.15, 0.2) is 66.7 Å². The monoisotopic (exact) mass is 617 g/mol. The van der Waals surface area contributed by atoms with E-state index >= 15 is 0 Å². The number of amides is 3. The number of carboxylic acid groups (broad SMARTS) is 1. The highest BCUT2D eigenvalue weighted by Gasteiger charge is 2.33. The molecule has 0 saturated heterocycles. The molecule has 1 fully saturated rings. The summed E-state index contributed by atoms with van der Waals surface area (Å²) >= 11 is 5.74. The molecule has 0 radical (unpaired) electrons. The molecule has 0 aromatic heterocycles. The molecule has 0 bridgehead atoms. The number of hydrogen-bond donors (Lipinski definition) is 4. The Hall–Kier alpha value is -4.09. The first-order chi connectivity index (χ1) is 20.4. The van der Waals surface area contributed by atoms with Crippen molar-refractivity contribution in [1.82, 2.24) is 5.32 Å². The van der Waals surface area contributed by atoms with Crippen molar-refractivity contribution in [2.45, 2.75) is 56.8 Å². The summed E-state index contributed by atoms with van der Waals surface area (Å²) in [6.45, 7) is -0.449. The average Bonchev–Trinajstić information content (AvgIpc) is 2.99. The minimum atomic E-state index is -4.70. The number of aliphatic carboxylic acids is 1. The minimum Gasteiger partial charge on any atom is -0.479 e. The molecule has 4 N–H and O–H groups in total. The van der Waals surface area contributed by atoms with E-state index in [1.54, 1.807) is 12.1 Å². The fourth-order valence-corrected chi connectivity index (χ4v) is 5.20. The first-order valence-corrected chi connectivity index (χ1v) is 14.1. The number of urea groups is 1. The largest absolute Gasteiger partial charge is 0.479 e. The predicted octanol–water partition coefficient (Wildman–Crippen LogP) is 6.82. The van der Waals surface area contributed by atoms with E-state index in [1.807, 2.05) is 24.3 Å². The number of carbonyl (C=O) groups is 3. The Morgan fingerprint density at radius 1 is 0.953 bits per heavy atom. The number of halogens is 4. The number of nitrogens with zero attached hydrogens (tertiary/aromatic N) is 1. The molecule has 3 amide bonds. The van der Waals surface area contributed by atoms with E-state index in [4.69, 9.17) is 16.7 Å². The van der Waals surface area contributed by atoms with E-state index in [9.17, 15) is 32.7 Å². The van der Waals surface area contributed by atoms with Gasteiger partial charge in [-0.25, -0.2) is 9.59 Å². The summed E-state index contributed by atoms with van der Waals surface area (Å²) in [5, 5.41) is 22.5. The van der Waals surface area contributed by atoms with Crippen molar-refractivity contribution in [3.8, 4) is 0 Å². The van der Waals surface area contributed by atoms with Crippen LogP contribution in [0.2, 0.25) is 5.02 Å². The maximum absolute atomic E-state index is 13.5. The number of aliphatic hydroxyl groups is 1. The maximum atomic E-state index is 13.5. The van der Waals surface area contributed by atoms with Gasteiger partial charge in [-0.15, -0.1) is 0 Å². The summed E-state index contributed by atoms with van der Waals surface area (Å²) in [4.78, 5) is 38.0. The van der Waals surface area contributed by atoms with E-state index in [1.165, 1.54) is 35.1 Å². The van der Waals surface area contributed by atoms with E-state index in [2.05, 4.69) is 10.6 Å². The molecule has 1 aliphatic carbocycles. The molecule has 3 aromatic rings. The van der Waals surface area contributed by atoms with Gasteiger partial charge in [0.25, 0.3) is 5.91 Å². The fraction of sp³-hybridized carbons (Fsp3) is 0.323. The number of nitrogens with one attached hydrogen (secondary N) is 2. The molecule has 1 aliphatic rings. The van der Waals surface area contributed by atoms with Crippen molar-refractivity contribution in [3.63, 3.8) is 0 Å². The zero-order chi connectivity index (χ0) is 31.1. The first-order valence-electron chi connectivity index (χ1n) is 13.8. The second kappa shape index (κ2) is 13.9. The number of carboxylic acids is 1. The summed E-state index contributed by atoms with van der Waals surface area (Å²) in [6.07, 6.45) is -0.715. The highest BCUT2D eigenvalue weighted by atomic mass is 35.5. The molecule has 0 aliphatic heterocycles. The molecule has 1 atom stereocenters. The van der Waals surface area contributed by atoms with Crippen LogP contribution in [-0.4, -0.2) is 40.8 Å². The molecule has 4 rings (SSSR count). The highest BCUT2D eigenvalue weighted by molar-refractivity contribution is 6.31. The fourth-order valence-electron chi connectivity index (χ4n) is 4.98. The number of carbonyl (C=O) groups excluding carboxylic acids is 2. The van der Waals surface area contributed by atoms with Crippen LogP contribution >= 0.6 is 11.6 Å². The van der Waals surface area contributed by atoms with Gasteiger partial charge in [-0.3, -0.25) is 9.69 Å². The summed E-state index contributed by atoms with van der Waals surface area (Å²) in [7, 11) is 0. The average molecular weight is 618 g/mol. The van der Waals surface area contributed by atoms with Crippen molar-refractivity contribution in [1.29, 1.82) is 0 Å². The maximum Gasteiger partial charge on any atom is 0.417 e. The van der Waals surface area contributed by atoms with Crippen molar-refractivity contribution >= 4 is 40.9 Å². The summed E-state index contributed by atoms with van der Waals surface area (Å²) in [5.74, 6) is -1.62. The van der Waals surface area contributed by atoms with Crippen molar-refractivity contribution < 1.29 is 37.8 Å². The lowest BCUT2D eigenvalue weighted by atomic mass is 9.84. The molecule has 12 heteroatoms. The smallest absolute Gasteiger partial charge is 0.417 e. The van der Waals surface area contributed by atoms with Crippen LogP contribution in [0, 0.1) is 0 Å². The van der Waals surface area contributed by atoms with Crippen LogP contribution in [0.25, 0.3) is 0 Å². The van der Waals surface area contributed by atoms with Gasteiger partial charge in [0, 0.05) is 16.9 Å². The second-order valence-corrected chi connectivity index (χ2v) is 10.8. The van der Waals surface area contributed by atoms with Crippen LogP contribution in [0.1, 0.15) is 65.1 Å². The van der Waals surface area contributed by atoms with Gasteiger partial charge in [-0.2, -0.15) is 13.2 Å². The molecular weight excluding hydrogens is 587 g/mol. The summed E-state index contributed by atoms with van der Waals surface area (Å²) in [6, 6.07) is 16.2. The number of alkyl halides is 3. The molecule has 0 heterocycles. The van der Waals surface area contributed by atoms with Gasteiger partial charge in [0.05, 0.1) is 23.7 Å². The molecule has 43 heavy (non-hydrogen) atoms. The minimum absolute atomic E-state index is 0.0218. The van der Waals surface area contributed by atoms with E-state index in [0.29, 0.717) is 17.2 Å². The Bertz CT molecular complexity index is 1440. The Kier molecular flexibility index (Phi) is 10.3. The summed E-state index contributed by atoms with van der Waals surface area (Å²) < 4.78 is 40.2. The van der Waals surface area contributed by atoms with Gasteiger partial charge in [-0.1, -0.05) is 55.1 Å². The van der Waals surface area contributed by atoms with E-state index < -0.39 is 47.3 Å². The predicted molar refractivity (Wildman–Crippen MR) is 156 cm³/mol. The van der Waals surface area contributed by atoms with E-state index in [-0.39, 0.29) is 17.8 Å². The zero-order valence-corrected chi connectivity index (χ0v) is 23.8. The lowest BCUT2D eigenvalue weighted by Crippen LogP contribution is -2.36. The van der Waals surface area contributed by atoms with Gasteiger partial charge in [0.2, 0.25) is 0 Å². The van der Waals surface area contributed by atoms with Crippen LogP contribution in [0.4, 0.5) is 29.3 Å². The normalized spacial score (nSPS) is 14.5. The van der Waals surface area contributed by atoms with Gasteiger partial charge < -0.3 is 20.8 Å². The van der Waals surface area contributed by atoms with Crippen LogP contribution in [-0.2, 0) is 17.5 Å². The number of hydrogen-bond acceptors (Lipinski definition) is 4. The summed E-state index contributed by atoms with van der Waals surface area (Å²) in [5.41, 5.74) is 1.35. The lowest BCUT2D eigenvalue weighted by Gasteiger charge is -2.26. The molecule has 0 spiro atoms.